The van der Waals surface area contributed by atoms with Crippen molar-refractivity contribution in [2.24, 2.45) is 11.8 Å². The van der Waals surface area contributed by atoms with Crippen LogP contribution in [0.5, 0.6) is 0 Å². The van der Waals surface area contributed by atoms with Gasteiger partial charge in [0.05, 0.1) is 24.0 Å². The molecule has 0 bridgehead atoms. The van der Waals surface area contributed by atoms with Gasteiger partial charge in [0.1, 0.15) is 0 Å². The second-order valence-electron chi connectivity index (χ2n) is 4.04. The first-order chi connectivity index (χ1) is 7.85. The van der Waals surface area contributed by atoms with Crippen molar-refractivity contribution in [1.29, 1.82) is 10.5 Å². The van der Waals surface area contributed by atoms with Crippen LogP contribution in [0.3, 0.4) is 0 Å². The fraction of sp³-hybridized carbons (Fsp3) is 0.286. The lowest BCUT2D eigenvalue weighted by Gasteiger charge is -2.00. The van der Waals surface area contributed by atoms with Crippen LogP contribution in [0.1, 0.15) is 12.8 Å². The zero-order valence-electron chi connectivity index (χ0n) is 8.93. The molecule has 2 nitrogen and oxygen atoms in total. The summed E-state index contributed by atoms with van der Waals surface area (Å²) in [5.74, 6) is -0.268. The van der Waals surface area contributed by atoms with E-state index in [9.17, 15) is 0 Å². The Hall–Kier alpha value is -2.06. The summed E-state index contributed by atoms with van der Waals surface area (Å²) >= 11 is 0. The Balaban J connectivity index is 2.28. The average Bonchev–Trinajstić information content (AvgIpc) is 2.54. The van der Waals surface area contributed by atoms with Gasteiger partial charge in [0, 0.05) is 0 Å². The average molecular weight is 208 g/mol. The van der Waals surface area contributed by atoms with Crippen LogP contribution >= 0.6 is 0 Å². The van der Waals surface area contributed by atoms with E-state index in [0.29, 0.717) is 0 Å². The van der Waals surface area contributed by atoms with Crippen molar-refractivity contribution < 1.29 is 0 Å². The van der Waals surface area contributed by atoms with Crippen LogP contribution in [0, 0.1) is 34.5 Å². The Bertz CT molecular complexity index is 436. The lowest BCUT2D eigenvalue weighted by atomic mass is 10.00. The summed E-state index contributed by atoms with van der Waals surface area (Å²) in [6.07, 6.45) is 13.5. The second kappa shape index (κ2) is 4.64. The van der Waals surface area contributed by atoms with Gasteiger partial charge in [0.15, 0.2) is 0 Å². The molecule has 2 atom stereocenters. The van der Waals surface area contributed by atoms with Crippen LogP contribution in [0.4, 0.5) is 0 Å². The summed E-state index contributed by atoms with van der Waals surface area (Å²) in [5, 5.41) is 17.9. The number of nitrogens with zero attached hydrogens (tertiary/aromatic N) is 2. The van der Waals surface area contributed by atoms with Gasteiger partial charge in [-0.05, 0) is 18.4 Å². The van der Waals surface area contributed by atoms with Crippen LogP contribution in [-0.2, 0) is 0 Å². The summed E-state index contributed by atoms with van der Waals surface area (Å²) in [4.78, 5) is 0. The highest BCUT2D eigenvalue weighted by Crippen LogP contribution is 2.37. The molecule has 2 unspecified atom stereocenters. The lowest BCUT2D eigenvalue weighted by molar-refractivity contribution is 0.582. The maximum absolute atomic E-state index is 8.97. The standard InChI is InChI=1S/C14H12N2/c15-9-13-7-12(8-14(13)10-16)11-5-3-1-2-4-6-11/h1-6,13-14H,7-8H2. The first-order valence-corrected chi connectivity index (χ1v) is 5.38. The van der Waals surface area contributed by atoms with Crippen molar-refractivity contribution in [2.75, 3.05) is 0 Å². The third-order valence-electron chi connectivity index (χ3n) is 3.04. The van der Waals surface area contributed by atoms with E-state index >= 15 is 0 Å². The summed E-state index contributed by atoms with van der Waals surface area (Å²) in [6.45, 7) is 0. The van der Waals surface area contributed by atoms with Crippen molar-refractivity contribution in [3.8, 4) is 12.1 Å². The summed E-state index contributed by atoms with van der Waals surface area (Å²) in [7, 11) is 0. The first-order valence-electron chi connectivity index (χ1n) is 5.38. The van der Waals surface area contributed by atoms with Gasteiger partial charge in [-0.15, -0.1) is 0 Å². The molecule has 1 saturated carbocycles. The van der Waals surface area contributed by atoms with E-state index in [4.69, 9.17) is 10.5 Å². The molecule has 0 spiro atoms. The number of hydrogen-bond acceptors (Lipinski definition) is 2. The Morgan fingerprint density at radius 1 is 0.875 bits per heavy atom. The molecule has 0 N–H and O–H groups in total. The summed E-state index contributed by atoms with van der Waals surface area (Å²) in [6, 6.07) is 4.46. The van der Waals surface area contributed by atoms with Crippen molar-refractivity contribution >= 4 is 0 Å². The predicted octanol–water partition coefficient (Wildman–Crippen LogP) is 3.04. The molecule has 0 saturated heterocycles. The molecule has 0 amide bonds. The molecule has 2 aliphatic rings. The minimum Gasteiger partial charge on any atom is -0.198 e. The van der Waals surface area contributed by atoms with Crippen molar-refractivity contribution in [3.05, 3.63) is 47.6 Å². The van der Waals surface area contributed by atoms with E-state index < -0.39 is 0 Å². The minimum atomic E-state index is -0.134. The first kappa shape index (κ1) is 10.5. The van der Waals surface area contributed by atoms with Crippen LogP contribution in [-0.4, -0.2) is 0 Å². The minimum absolute atomic E-state index is 0.134. The predicted molar refractivity (Wildman–Crippen MR) is 61.9 cm³/mol. The molecule has 0 radical (unpaired) electrons. The number of nitriles is 2. The molecule has 0 aromatic heterocycles. The maximum atomic E-state index is 8.97. The molecule has 0 aliphatic heterocycles. The van der Waals surface area contributed by atoms with Gasteiger partial charge in [-0.1, -0.05) is 42.0 Å². The van der Waals surface area contributed by atoms with Crippen molar-refractivity contribution in [1.82, 2.24) is 0 Å². The third-order valence-corrected chi connectivity index (χ3v) is 3.04. The smallest absolute Gasteiger partial charge is 0.0673 e. The van der Waals surface area contributed by atoms with E-state index in [1.54, 1.807) is 0 Å². The molecular formula is C14H12N2. The molecule has 2 aliphatic carbocycles. The number of allylic oxidation sites excluding steroid dienone is 8. The summed E-state index contributed by atoms with van der Waals surface area (Å²) in [5.41, 5.74) is 2.39. The second-order valence-corrected chi connectivity index (χ2v) is 4.04. The van der Waals surface area contributed by atoms with Crippen LogP contribution < -0.4 is 0 Å². The highest BCUT2D eigenvalue weighted by atomic mass is 14.4. The Kier molecular flexibility index (Phi) is 3.03. The maximum Gasteiger partial charge on any atom is 0.0673 e. The van der Waals surface area contributed by atoms with E-state index in [2.05, 4.69) is 12.1 Å². The molecule has 2 rings (SSSR count). The zero-order chi connectivity index (χ0) is 11.4. The molecule has 1 fully saturated rings. The van der Waals surface area contributed by atoms with Crippen LogP contribution in [0.2, 0.25) is 0 Å². The third kappa shape index (κ3) is 1.97. The SMILES string of the molecule is N#CC1CC(=C2C=CC=CC=C2)CC1C#N. The topological polar surface area (TPSA) is 47.6 Å². The highest BCUT2D eigenvalue weighted by molar-refractivity contribution is 5.43. The van der Waals surface area contributed by atoms with E-state index in [-0.39, 0.29) is 11.8 Å². The molecular weight excluding hydrogens is 196 g/mol. The monoisotopic (exact) mass is 208 g/mol. The molecule has 0 aromatic carbocycles. The Morgan fingerprint density at radius 2 is 1.38 bits per heavy atom. The normalized spacial score (nSPS) is 27.6. The lowest BCUT2D eigenvalue weighted by Crippen LogP contribution is -2.01. The van der Waals surface area contributed by atoms with Gasteiger partial charge in [0.25, 0.3) is 0 Å². The largest absolute Gasteiger partial charge is 0.198 e. The zero-order valence-corrected chi connectivity index (χ0v) is 8.93. The van der Waals surface area contributed by atoms with Gasteiger partial charge < -0.3 is 0 Å². The van der Waals surface area contributed by atoms with E-state index in [0.717, 1.165) is 18.4 Å². The van der Waals surface area contributed by atoms with Crippen LogP contribution in [0.15, 0.2) is 47.6 Å². The Morgan fingerprint density at radius 3 is 1.81 bits per heavy atom. The van der Waals surface area contributed by atoms with Gasteiger partial charge in [-0.25, -0.2) is 0 Å². The molecule has 0 heterocycles. The van der Waals surface area contributed by atoms with Crippen LogP contribution in [0.25, 0.3) is 0 Å². The Labute approximate surface area is 95.5 Å². The molecule has 16 heavy (non-hydrogen) atoms. The number of rotatable bonds is 0. The van der Waals surface area contributed by atoms with E-state index in [1.165, 1.54) is 5.57 Å². The van der Waals surface area contributed by atoms with Crippen molar-refractivity contribution in [2.45, 2.75) is 12.8 Å². The molecule has 2 heteroatoms. The van der Waals surface area contributed by atoms with E-state index in [1.807, 2.05) is 36.5 Å². The van der Waals surface area contributed by atoms with Gasteiger partial charge in [0.2, 0.25) is 0 Å². The highest BCUT2D eigenvalue weighted by Gasteiger charge is 2.31. The number of hydrogen-bond donors (Lipinski definition) is 0. The summed E-state index contributed by atoms with van der Waals surface area (Å²) < 4.78 is 0. The molecule has 78 valence electrons. The van der Waals surface area contributed by atoms with Gasteiger partial charge >= 0.3 is 0 Å². The quantitative estimate of drug-likeness (QED) is 0.614. The molecule has 0 aromatic rings. The fourth-order valence-electron chi connectivity index (χ4n) is 2.14. The van der Waals surface area contributed by atoms with Crippen molar-refractivity contribution in [3.63, 3.8) is 0 Å². The van der Waals surface area contributed by atoms with Gasteiger partial charge in [-0.3, -0.25) is 0 Å². The fourth-order valence-corrected chi connectivity index (χ4v) is 2.14. The van der Waals surface area contributed by atoms with Gasteiger partial charge in [-0.2, -0.15) is 10.5 Å².